The molecule has 0 nitrogen and oxygen atoms in total. The second-order valence-corrected chi connectivity index (χ2v) is 2.14. The van der Waals surface area contributed by atoms with Crippen molar-refractivity contribution >= 4 is 15.9 Å². The minimum atomic E-state index is 0. The molecule has 0 amide bonds. The first-order chi connectivity index (χ1) is 3.39. The van der Waals surface area contributed by atoms with Crippen molar-refractivity contribution in [3.8, 4) is 0 Å². The van der Waals surface area contributed by atoms with Crippen molar-refractivity contribution in [2.24, 2.45) is 0 Å². The summed E-state index contributed by atoms with van der Waals surface area (Å²) < 4.78 is 1.08. The first-order valence-electron chi connectivity index (χ1n) is 2.01. The van der Waals surface area contributed by atoms with Gasteiger partial charge in [0.1, 0.15) is 0 Å². The maximum Gasteiger partial charge on any atom is 0.0181 e. The fourth-order valence-corrected chi connectivity index (χ4v) is 0.656. The molecule has 0 bridgehead atoms. The summed E-state index contributed by atoms with van der Waals surface area (Å²) in [5.74, 6) is 0. The van der Waals surface area contributed by atoms with Gasteiger partial charge < -0.3 is 24.0 Å². The monoisotopic (exact) mass is 346 g/mol. The summed E-state index contributed by atoms with van der Waals surface area (Å²) in [6, 6.07) is 10.6. The van der Waals surface area contributed by atoms with Gasteiger partial charge in [0.25, 0.3) is 0 Å². The molecule has 1 aromatic rings. The maximum atomic E-state index is 3.28. The van der Waals surface area contributed by atoms with Crippen molar-refractivity contribution in [1.29, 1.82) is 0 Å². The Morgan fingerprint density at radius 1 is 1.44 bits per heavy atom. The predicted molar refractivity (Wildman–Crippen MR) is 33.0 cm³/mol. The van der Waals surface area contributed by atoms with Crippen LogP contribution in [-0.4, -0.2) is 0 Å². The van der Waals surface area contributed by atoms with Gasteiger partial charge in [-0.05, 0) is 18.2 Å². The number of benzene rings is 1. The third kappa shape index (κ3) is 5.50. The summed E-state index contributed by atoms with van der Waals surface area (Å²) in [6.45, 7) is 0. The average molecular weight is 348 g/mol. The largest absolute Gasteiger partial charge is 1.00 e. The minimum absolute atomic E-state index is 0. The fraction of sp³-hybridized carbons (Fsp3) is 0. The molecule has 9 heavy (non-hydrogen) atoms. The van der Waals surface area contributed by atoms with Crippen LogP contribution in [0.25, 0.3) is 0 Å². The molecule has 1 radical (unpaired) electrons. The van der Waals surface area contributed by atoms with Crippen LogP contribution in [0.5, 0.6) is 0 Å². The van der Waals surface area contributed by atoms with Gasteiger partial charge in [-0.25, -0.2) is 0 Å². The zero-order valence-electron chi connectivity index (χ0n) is 4.77. The molecular weight excluding hydrogens is 344 g/mol. The summed E-state index contributed by atoms with van der Waals surface area (Å²) in [4.78, 5) is 0. The normalized spacial score (nSPS) is 6.78. The molecule has 0 saturated heterocycles. The summed E-state index contributed by atoms with van der Waals surface area (Å²) in [7, 11) is 0. The molecular formula is C6H4BrIZn-. The van der Waals surface area contributed by atoms with E-state index in [4.69, 9.17) is 0 Å². The Kier molecular flexibility index (Phi) is 10.1. The van der Waals surface area contributed by atoms with Gasteiger partial charge in [-0.15, -0.1) is 0 Å². The third-order valence-corrected chi connectivity index (χ3v) is 1.16. The van der Waals surface area contributed by atoms with Crippen molar-refractivity contribution in [1.82, 2.24) is 0 Å². The molecule has 1 rings (SSSR count). The summed E-state index contributed by atoms with van der Waals surface area (Å²) >= 11 is 3.28. The number of hydrogen-bond donors (Lipinski definition) is 0. The van der Waals surface area contributed by atoms with Gasteiger partial charge in [0.2, 0.25) is 0 Å². The van der Waals surface area contributed by atoms with Gasteiger partial charge in [0.05, 0.1) is 0 Å². The molecule has 0 unspecified atom stereocenters. The second-order valence-electron chi connectivity index (χ2n) is 1.22. The molecule has 0 aliphatic carbocycles. The van der Waals surface area contributed by atoms with Crippen molar-refractivity contribution in [2.75, 3.05) is 0 Å². The molecule has 0 heterocycles. The van der Waals surface area contributed by atoms with Gasteiger partial charge >= 0.3 is 0 Å². The Hall–Kier alpha value is 1.05. The smallest absolute Gasteiger partial charge is 0.0181 e. The average Bonchev–Trinajstić information content (AvgIpc) is 1.69. The van der Waals surface area contributed by atoms with Gasteiger partial charge in [-0.1, -0.05) is 28.1 Å². The topological polar surface area (TPSA) is 0 Å². The van der Waals surface area contributed by atoms with E-state index in [1.165, 1.54) is 0 Å². The van der Waals surface area contributed by atoms with Crippen LogP contribution in [0.3, 0.4) is 0 Å². The SMILES string of the molecule is Brc1c[c]ccc1.[I-].[Zn]. The molecule has 0 atom stereocenters. The van der Waals surface area contributed by atoms with E-state index in [-0.39, 0.29) is 43.5 Å². The predicted octanol–water partition coefficient (Wildman–Crippen LogP) is -0.749. The maximum absolute atomic E-state index is 3.28. The van der Waals surface area contributed by atoms with Crippen molar-refractivity contribution in [2.45, 2.75) is 0 Å². The molecule has 45 valence electrons. The van der Waals surface area contributed by atoms with Gasteiger partial charge in [-0.2, -0.15) is 0 Å². The Balaban J connectivity index is 0. The zero-order chi connectivity index (χ0) is 5.11. The molecule has 0 fully saturated rings. The van der Waals surface area contributed by atoms with Crippen molar-refractivity contribution in [3.63, 3.8) is 0 Å². The molecule has 0 spiro atoms. The number of rotatable bonds is 0. The van der Waals surface area contributed by atoms with E-state index in [2.05, 4.69) is 22.0 Å². The quantitative estimate of drug-likeness (QED) is 0.428. The fourth-order valence-electron chi connectivity index (χ4n) is 0.371. The Morgan fingerprint density at radius 2 is 2.11 bits per heavy atom. The van der Waals surface area contributed by atoms with E-state index in [0.717, 1.165) is 4.47 Å². The van der Waals surface area contributed by atoms with E-state index in [0.29, 0.717) is 0 Å². The minimum Gasteiger partial charge on any atom is -1.00 e. The van der Waals surface area contributed by atoms with Crippen LogP contribution < -0.4 is 24.0 Å². The van der Waals surface area contributed by atoms with Crippen LogP contribution in [0.1, 0.15) is 0 Å². The van der Waals surface area contributed by atoms with Crippen LogP contribution in [0.4, 0.5) is 0 Å². The van der Waals surface area contributed by atoms with E-state index in [1.54, 1.807) is 0 Å². The summed E-state index contributed by atoms with van der Waals surface area (Å²) in [5, 5.41) is 0. The molecule has 0 aromatic heterocycles. The van der Waals surface area contributed by atoms with E-state index < -0.39 is 0 Å². The third-order valence-electron chi connectivity index (χ3n) is 0.669. The molecule has 0 aliphatic rings. The molecule has 3 heteroatoms. The number of hydrogen-bond acceptors (Lipinski definition) is 0. The Morgan fingerprint density at radius 3 is 2.33 bits per heavy atom. The standard InChI is InChI=1S/C6H4Br.HI.Zn/c7-6-4-2-1-3-5-6;;/h1-2,4-5H;1H;/p-1. The molecule has 1 aromatic carbocycles. The van der Waals surface area contributed by atoms with Crippen LogP contribution in [0, 0.1) is 6.07 Å². The molecule has 0 aliphatic heterocycles. The van der Waals surface area contributed by atoms with E-state index in [1.807, 2.05) is 24.3 Å². The first kappa shape index (κ1) is 12.7. The van der Waals surface area contributed by atoms with Gasteiger partial charge in [0, 0.05) is 24.0 Å². The van der Waals surface area contributed by atoms with Crippen LogP contribution in [0.2, 0.25) is 0 Å². The van der Waals surface area contributed by atoms with Crippen molar-refractivity contribution in [3.05, 3.63) is 34.8 Å². The number of halogens is 2. The van der Waals surface area contributed by atoms with Gasteiger partial charge in [0.15, 0.2) is 0 Å². The van der Waals surface area contributed by atoms with Crippen LogP contribution >= 0.6 is 15.9 Å². The van der Waals surface area contributed by atoms with Crippen molar-refractivity contribution < 1.29 is 43.5 Å². The summed E-state index contributed by atoms with van der Waals surface area (Å²) in [5.41, 5.74) is 0. The Bertz CT molecular complexity index is 143. The summed E-state index contributed by atoms with van der Waals surface area (Å²) in [6.07, 6.45) is 0. The van der Waals surface area contributed by atoms with Crippen LogP contribution in [0.15, 0.2) is 28.7 Å². The molecule has 0 saturated carbocycles. The van der Waals surface area contributed by atoms with E-state index >= 15 is 0 Å². The second kappa shape index (κ2) is 7.16. The first-order valence-corrected chi connectivity index (χ1v) is 2.80. The van der Waals surface area contributed by atoms with Gasteiger partial charge in [-0.3, -0.25) is 0 Å². The van der Waals surface area contributed by atoms with E-state index in [9.17, 15) is 0 Å². The molecule has 0 N–H and O–H groups in total. The zero-order valence-corrected chi connectivity index (χ0v) is 11.5. The Labute approximate surface area is 93.3 Å². The van der Waals surface area contributed by atoms with Crippen LogP contribution in [-0.2, 0) is 19.5 Å².